The maximum absolute atomic E-state index is 12.3. The van der Waals surface area contributed by atoms with Gasteiger partial charge in [-0.05, 0) is 30.5 Å². The Hall–Kier alpha value is -2.67. The molecule has 0 bridgehead atoms. The zero-order valence-electron chi connectivity index (χ0n) is 16.1. The predicted octanol–water partition coefficient (Wildman–Crippen LogP) is 1.81. The second-order valence-electron chi connectivity index (χ2n) is 7.38. The number of aromatic nitrogens is 2. The third-order valence-corrected chi connectivity index (χ3v) is 5.30. The molecule has 148 valence electrons. The smallest absolute Gasteiger partial charge is 0.226 e. The van der Waals surface area contributed by atoms with Gasteiger partial charge >= 0.3 is 0 Å². The second kappa shape index (κ2) is 8.56. The van der Waals surface area contributed by atoms with Crippen molar-refractivity contribution in [2.45, 2.75) is 25.4 Å². The number of hydrogen-bond donors (Lipinski definition) is 1. The predicted molar refractivity (Wildman–Crippen MR) is 106 cm³/mol. The molecule has 28 heavy (non-hydrogen) atoms. The lowest BCUT2D eigenvalue weighted by Gasteiger charge is -2.39. The van der Waals surface area contributed by atoms with Crippen LogP contribution in [0.3, 0.4) is 0 Å². The highest BCUT2D eigenvalue weighted by atomic mass is 16.5. The first kappa shape index (κ1) is 18.7. The molecule has 1 aromatic heterocycles. The van der Waals surface area contributed by atoms with E-state index in [1.165, 1.54) is 0 Å². The van der Waals surface area contributed by atoms with E-state index >= 15 is 0 Å². The molecule has 3 heterocycles. The van der Waals surface area contributed by atoms with Crippen LogP contribution in [-0.2, 0) is 16.0 Å². The Balaban J connectivity index is 1.29. The van der Waals surface area contributed by atoms with E-state index < -0.39 is 0 Å². The van der Waals surface area contributed by atoms with Gasteiger partial charge in [-0.25, -0.2) is 4.98 Å². The van der Waals surface area contributed by atoms with Crippen molar-refractivity contribution in [1.82, 2.24) is 15.3 Å². The molecule has 1 unspecified atom stereocenters. The molecule has 0 radical (unpaired) electrons. The first-order valence-corrected chi connectivity index (χ1v) is 9.79. The topological polar surface area (TPSA) is 76.6 Å². The van der Waals surface area contributed by atoms with Gasteiger partial charge in [0.05, 0.1) is 31.0 Å². The number of nitrogens with zero attached hydrogens (tertiary/aromatic N) is 3. The maximum atomic E-state index is 12.3. The molecule has 1 amide bonds. The summed E-state index contributed by atoms with van der Waals surface area (Å²) in [7, 11) is 1.66. The number of carbonyl (C=O) groups excluding carboxylic acids is 1. The van der Waals surface area contributed by atoms with Crippen LogP contribution in [0.4, 0.5) is 5.82 Å². The monoisotopic (exact) mass is 382 g/mol. The molecule has 2 aliphatic rings. The average molecular weight is 382 g/mol. The van der Waals surface area contributed by atoms with Crippen molar-refractivity contribution in [2.75, 3.05) is 38.3 Å². The molecular weight excluding hydrogens is 356 g/mol. The molecule has 2 fully saturated rings. The molecule has 2 aliphatic heterocycles. The fourth-order valence-corrected chi connectivity index (χ4v) is 3.62. The molecule has 2 saturated heterocycles. The molecule has 0 saturated carbocycles. The second-order valence-corrected chi connectivity index (χ2v) is 7.38. The van der Waals surface area contributed by atoms with Gasteiger partial charge in [-0.3, -0.25) is 9.78 Å². The first-order chi connectivity index (χ1) is 13.7. The summed E-state index contributed by atoms with van der Waals surface area (Å²) in [5.41, 5.74) is 2.03. The quantitative estimate of drug-likeness (QED) is 0.787. The SMILES string of the molecule is COc1cccc(Cc2cncc(N3CC(C(=O)NCC4CCCO4)C3)n2)c1. The number of benzene rings is 1. The molecule has 4 rings (SSSR count). The highest BCUT2D eigenvalue weighted by Crippen LogP contribution is 2.23. The zero-order chi connectivity index (χ0) is 19.3. The van der Waals surface area contributed by atoms with E-state index in [-0.39, 0.29) is 17.9 Å². The van der Waals surface area contributed by atoms with Crippen LogP contribution >= 0.6 is 0 Å². The van der Waals surface area contributed by atoms with Crippen molar-refractivity contribution in [2.24, 2.45) is 5.92 Å². The van der Waals surface area contributed by atoms with Crippen LogP contribution in [0.1, 0.15) is 24.1 Å². The molecule has 1 N–H and O–H groups in total. The van der Waals surface area contributed by atoms with E-state index in [2.05, 4.69) is 21.3 Å². The van der Waals surface area contributed by atoms with Crippen LogP contribution in [0, 0.1) is 5.92 Å². The third-order valence-electron chi connectivity index (χ3n) is 5.30. The highest BCUT2D eigenvalue weighted by Gasteiger charge is 2.34. The lowest BCUT2D eigenvalue weighted by Crippen LogP contribution is -2.54. The van der Waals surface area contributed by atoms with E-state index in [4.69, 9.17) is 14.5 Å². The van der Waals surface area contributed by atoms with Crippen molar-refractivity contribution >= 4 is 11.7 Å². The Kier molecular flexibility index (Phi) is 5.71. The Morgan fingerprint density at radius 1 is 1.36 bits per heavy atom. The Labute approximate surface area is 165 Å². The summed E-state index contributed by atoms with van der Waals surface area (Å²) in [5.74, 6) is 1.77. The van der Waals surface area contributed by atoms with Crippen LogP contribution in [0.5, 0.6) is 5.75 Å². The standard InChI is InChI=1S/C21H26N4O3/c1-27-18-5-2-4-15(9-18)8-17-10-22-12-20(24-17)25-13-16(14-25)21(26)23-11-19-6-3-7-28-19/h2,4-5,9-10,12,16,19H,3,6-8,11,13-14H2,1H3,(H,23,26). The Morgan fingerprint density at radius 3 is 3.04 bits per heavy atom. The molecule has 0 aliphatic carbocycles. The first-order valence-electron chi connectivity index (χ1n) is 9.79. The Morgan fingerprint density at radius 2 is 2.25 bits per heavy atom. The van der Waals surface area contributed by atoms with Gasteiger partial charge in [-0.1, -0.05) is 12.1 Å². The minimum Gasteiger partial charge on any atom is -0.497 e. The molecule has 7 nitrogen and oxygen atoms in total. The minimum absolute atomic E-state index is 0.00486. The summed E-state index contributed by atoms with van der Waals surface area (Å²) in [6.45, 7) is 2.77. The summed E-state index contributed by atoms with van der Waals surface area (Å²) in [5, 5.41) is 3.01. The fourth-order valence-electron chi connectivity index (χ4n) is 3.62. The number of nitrogens with one attached hydrogen (secondary N) is 1. The van der Waals surface area contributed by atoms with Crippen molar-refractivity contribution in [3.8, 4) is 5.75 Å². The average Bonchev–Trinajstić information content (AvgIpc) is 3.19. The summed E-state index contributed by atoms with van der Waals surface area (Å²) in [6, 6.07) is 7.96. The normalized spacial score (nSPS) is 19.3. The minimum atomic E-state index is 0.00486. The van der Waals surface area contributed by atoms with Gasteiger partial charge in [-0.2, -0.15) is 0 Å². The molecule has 1 atom stereocenters. The van der Waals surface area contributed by atoms with E-state index in [1.807, 2.05) is 18.2 Å². The van der Waals surface area contributed by atoms with Crippen molar-refractivity contribution in [3.05, 3.63) is 47.9 Å². The van der Waals surface area contributed by atoms with Gasteiger partial charge in [0, 0.05) is 38.9 Å². The summed E-state index contributed by atoms with van der Waals surface area (Å²) in [6.07, 6.45) is 6.54. The van der Waals surface area contributed by atoms with Crippen LogP contribution in [0.15, 0.2) is 36.7 Å². The van der Waals surface area contributed by atoms with E-state index in [9.17, 15) is 4.79 Å². The number of amides is 1. The van der Waals surface area contributed by atoms with Gasteiger partial charge < -0.3 is 19.7 Å². The number of hydrogen-bond acceptors (Lipinski definition) is 6. The number of ether oxygens (including phenoxy) is 2. The lowest BCUT2D eigenvalue weighted by molar-refractivity contribution is -0.126. The molecule has 1 aromatic carbocycles. The summed E-state index contributed by atoms with van der Waals surface area (Å²) in [4.78, 5) is 23.4. The maximum Gasteiger partial charge on any atom is 0.226 e. The van der Waals surface area contributed by atoms with E-state index in [0.29, 0.717) is 26.1 Å². The van der Waals surface area contributed by atoms with Crippen LogP contribution in [-0.4, -0.2) is 55.3 Å². The molecular formula is C21H26N4O3. The fraction of sp³-hybridized carbons (Fsp3) is 0.476. The number of rotatable bonds is 7. The zero-order valence-corrected chi connectivity index (χ0v) is 16.1. The lowest BCUT2D eigenvalue weighted by atomic mass is 9.99. The van der Waals surface area contributed by atoms with Gasteiger partial charge in [0.25, 0.3) is 0 Å². The number of methoxy groups -OCH3 is 1. The van der Waals surface area contributed by atoms with Crippen LogP contribution in [0.25, 0.3) is 0 Å². The Bertz CT molecular complexity index is 817. The summed E-state index contributed by atoms with van der Waals surface area (Å²) < 4.78 is 10.8. The van der Waals surface area contributed by atoms with Crippen molar-refractivity contribution in [1.29, 1.82) is 0 Å². The molecule has 2 aromatic rings. The molecule has 0 spiro atoms. The number of carbonyl (C=O) groups is 1. The van der Waals surface area contributed by atoms with Crippen molar-refractivity contribution < 1.29 is 14.3 Å². The van der Waals surface area contributed by atoms with Crippen molar-refractivity contribution in [3.63, 3.8) is 0 Å². The summed E-state index contributed by atoms with van der Waals surface area (Å²) >= 11 is 0. The third kappa shape index (κ3) is 4.42. The van der Waals surface area contributed by atoms with Gasteiger partial charge in [0.1, 0.15) is 11.6 Å². The van der Waals surface area contributed by atoms with E-state index in [0.717, 1.165) is 42.3 Å². The van der Waals surface area contributed by atoms with Crippen LogP contribution in [0.2, 0.25) is 0 Å². The van der Waals surface area contributed by atoms with Crippen LogP contribution < -0.4 is 15.0 Å². The van der Waals surface area contributed by atoms with Gasteiger partial charge in [0.2, 0.25) is 5.91 Å². The van der Waals surface area contributed by atoms with E-state index in [1.54, 1.807) is 19.5 Å². The largest absolute Gasteiger partial charge is 0.497 e. The highest BCUT2D eigenvalue weighted by molar-refractivity contribution is 5.81. The van der Waals surface area contributed by atoms with Gasteiger partial charge in [0.15, 0.2) is 0 Å². The van der Waals surface area contributed by atoms with Gasteiger partial charge in [-0.15, -0.1) is 0 Å². The molecule has 7 heteroatoms. The number of anilines is 1.